The molecule has 6 heteroatoms. The van der Waals surface area contributed by atoms with E-state index in [2.05, 4.69) is 24.0 Å². The quantitative estimate of drug-likeness (QED) is 0.741. The Bertz CT molecular complexity index is 799. The number of aromatic nitrogens is 1. The molecule has 1 aromatic carbocycles. The van der Waals surface area contributed by atoms with Gasteiger partial charge in [0.1, 0.15) is 0 Å². The maximum absolute atomic E-state index is 12.6. The molecule has 0 unspecified atom stereocenters. The Morgan fingerprint density at radius 2 is 2.07 bits per heavy atom. The third kappa shape index (κ3) is 4.62. The van der Waals surface area contributed by atoms with E-state index in [1.165, 1.54) is 23.8 Å². The van der Waals surface area contributed by atoms with Gasteiger partial charge in [-0.25, -0.2) is 4.98 Å². The first-order valence-electron chi connectivity index (χ1n) is 9.80. The second-order valence-electron chi connectivity index (χ2n) is 7.40. The number of thioether (sulfide) groups is 1. The molecular formula is C21H27N3O2S. The summed E-state index contributed by atoms with van der Waals surface area (Å²) in [5, 5.41) is 2.10. The van der Waals surface area contributed by atoms with E-state index < -0.39 is 0 Å². The van der Waals surface area contributed by atoms with Crippen molar-refractivity contribution in [3.05, 3.63) is 35.9 Å². The number of pyridine rings is 1. The zero-order chi connectivity index (χ0) is 18.6. The number of carbonyl (C=O) groups excluding carboxylic acids is 1. The van der Waals surface area contributed by atoms with Crippen LogP contribution in [-0.4, -0.2) is 71.9 Å². The average molecular weight is 386 g/mol. The molecule has 2 saturated heterocycles. The van der Waals surface area contributed by atoms with Crippen molar-refractivity contribution in [2.75, 3.05) is 45.1 Å². The fourth-order valence-corrected chi connectivity index (χ4v) is 4.75. The summed E-state index contributed by atoms with van der Waals surface area (Å²) >= 11 is 1.54. The molecule has 27 heavy (non-hydrogen) atoms. The van der Waals surface area contributed by atoms with Crippen LogP contribution >= 0.6 is 11.8 Å². The summed E-state index contributed by atoms with van der Waals surface area (Å²) < 4.78 is 5.73. The minimum atomic E-state index is 0.212. The van der Waals surface area contributed by atoms with Crippen LogP contribution < -0.4 is 0 Å². The summed E-state index contributed by atoms with van der Waals surface area (Å²) in [5.41, 5.74) is 2.20. The van der Waals surface area contributed by atoms with Gasteiger partial charge in [-0.05, 0) is 37.5 Å². The first-order chi connectivity index (χ1) is 13.2. The minimum absolute atomic E-state index is 0.212. The molecule has 3 heterocycles. The molecule has 144 valence electrons. The third-order valence-electron chi connectivity index (χ3n) is 5.45. The fourth-order valence-electron chi connectivity index (χ4n) is 3.88. The Labute approximate surface area is 165 Å². The number of hydrogen-bond acceptors (Lipinski definition) is 5. The summed E-state index contributed by atoms with van der Waals surface area (Å²) in [6.07, 6.45) is 2.75. The van der Waals surface area contributed by atoms with E-state index in [4.69, 9.17) is 9.72 Å². The van der Waals surface area contributed by atoms with Crippen molar-refractivity contribution in [2.45, 2.75) is 30.9 Å². The summed E-state index contributed by atoms with van der Waals surface area (Å²) in [4.78, 5) is 21.7. The second kappa shape index (κ2) is 8.59. The van der Waals surface area contributed by atoms with Crippen molar-refractivity contribution in [1.29, 1.82) is 0 Å². The van der Waals surface area contributed by atoms with Crippen molar-refractivity contribution in [3.63, 3.8) is 0 Å². The molecule has 2 aliphatic heterocycles. The van der Waals surface area contributed by atoms with Crippen molar-refractivity contribution >= 4 is 28.6 Å². The number of hydrogen-bond donors (Lipinski definition) is 0. The molecular weight excluding hydrogens is 358 g/mol. The lowest BCUT2D eigenvalue weighted by Crippen LogP contribution is -2.50. The molecule has 4 rings (SSSR count). The van der Waals surface area contributed by atoms with Crippen molar-refractivity contribution in [1.82, 2.24) is 14.8 Å². The van der Waals surface area contributed by atoms with Gasteiger partial charge in [-0.2, -0.15) is 0 Å². The number of ether oxygens (including phenoxy) is 1. The number of benzene rings is 1. The second-order valence-corrected chi connectivity index (χ2v) is 8.40. The van der Waals surface area contributed by atoms with Gasteiger partial charge in [-0.1, -0.05) is 30.0 Å². The van der Waals surface area contributed by atoms with Crippen molar-refractivity contribution in [3.8, 4) is 0 Å². The predicted octanol–water partition coefficient (Wildman–Crippen LogP) is 2.96. The highest BCUT2D eigenvalue weighted by Crippen LogP contribution is 2.24. The van der Waals surface area contributed by atoms with Crippen molar-refractivity contribution in [2.24, 2.45) is 0 Å². The zero-order valence-electron chi connectivity index (χ0n) is 15.9. The molecule has 0 radical (unpaired) electrons. The molecule has 1 atom stereocenters. The first-order valence-corrected chi connectivity index (χ1v) is 10.8. The summed E-state index contributed by atoms with van der Waals surface area (Å²) in [6.45, 7) is 7.54. The largest absolute Gasteiger partial charge is 0.377 e. The Kier molecular flexibility index (Phi) is 5.95. The standard InChI is InChI=1S/C21H27N3O2S/c1-16-13-20(22-19-7-3-2-6-18(16)19)27-15-21(25)24-10-8-23(9-11-24)14-17-5-4-12-26-17/h2-3,6-7,13,17H,4-5,8-12,14-15H2,1H3/t17-/m1/s1. The number of nitrogens with zero attached hydrogens (tertiary/aromatic N) is 3. The average Bonchev–Trinajstić information content (AvgIpc) is 3.20. The van der Waals surface area contributed by atoms with E-state index in [0.29, 0.717) is 11.9 Å². The lowest BCUT2D eigenvalue weighted by atomic mass is 10.1. The number of piperazine rings is 1. The highest BCUT2D eigenvalue weighted by Gasteiger charge is 2.24. The summed E-state index contributed by atoms with van der Waals surface area (Å²) in [6, 6.07) is 10.2. The van der Waals surface area contributed by atoms with Crippen LogP contribution in [0.5, 0.6) is 0 Å². The van der Waals surface area contributed by atoms with Crippen LogP contribution in [0.3, 0.4) is 0 Å². The van der Waals surface area contributed by atoms with Gasteiger partial charge >= 0.3 is 0 Å². The predicted molar refractivity (Wildman–Crippen MR) is 109 cm³/mol. The lowest BCUT2D eigenvalue weighted by Gasteiger charge is -2.35. The maximum atomic E-state index is 12.6. The van der Waals surface area contributed by atoms with Gasteiger partial charge in [0.2, 0.25) is 5.91 Å². The normalized spacial score (nSPS) is 21.1. The Morgan fingerprint density at radius 1 is 1.26 bits per heavy atom. The van der Waals surface area contributed by atoms with E-state index in [0.717, 1.165) is 49.9 Å². The third-order valence-corrected chi connectivity index (χ3v) is 6.35. The molecule has 0 spiro atoms. The van der Waals surface area contributed by atoms with E-state index in [9.17, 15) is 4.79 Å². The number of aryl methyl sites for hydroxylation is 1. The van der Waals surface area contributed by atoms with Gasteiger partial charge in [0.15, 0.2) is 0 Å². The smallest absolute Gasteiger partial charge is 0.233 e. The van der Waals surface area contributed by atoms with E-state index in [1.807, 2.05) is 23.1 Å². The van der Waals surface area contributed by atoms with Gasteiger partial charge in [0.05, 0.1) is 22.4 Å². The molecule has 2 aliphatic rings. The minimum Gasteiger partial charge on any atom is -0.377 e. The van der Waals surface area contributed by atoms with E-state index >= 15 is 0 Å². The zero-order valence-corrected chi connectivity index (χ0v) is 16.7. The SMILES string of the molecule is Cc1cc(SCC(=O)N2CCN(C[C@H]3CCCO3)CC2)nc2ccccc12. The highest BCUT2D eigenvalue weighted by atomic mass is 32.2. The maximum Gasteiger partial charge on any atom is 0.233 e. The van der Waals surface area contributed by atoms with E-state index in [-0.39, 0.29) is 5.91 Å². The molecule has 2 aromatic rings. The molecule has 1 amide bonds. The fraction of sp³-hybridized carbons (Fsp3) is 0.524. The lowest BCUT2D eigenvalue weighted by molar-refractivity contribution is -0.130. The molecule has 1 aromatic heterocycles. The monoisotopic (exact) mass is 385 g/mol. The Balaban J connectivity index is 1.27. The first kappa shape index (κ1) is 18.7. The summed E-state index contributed by atoms with van der Waals surface area (Å²) in [5.74, 6) is 0.667. The van der Waals surface area contributed by atoms with Crippen LogP contribution in [0.1, 0.15) is 18.4 Å². The highest BCUT2D eigenvalue weighted by molar-refractivity contribution is 7.99. The number of para-hydroxylation sites is 1. The molecule has 2 fully saturated rings. The molecule has 0 aliphatic carbocycles. The molecule has 0 N–H and O–H groups in total. The van der Waals surface area contributed by atoms with Crippen LogP contribution in [0.4, 0.5) is 0 Å². The van der Waals surface area contributed by atoms with Crippen molar-refractivity contribution < 1.29 is 9.53 Å². The van der Waals surface area contributed by atoms with Crippen LogP contribution in [0.15, 0.2) is 35.4 Å². The van der Waals surface area contributed by atoms with Gasteiger partial charge < -0.3 is 9.64 Å². The molecule has 5 nitrogen and oxygen atoms in total. The number of rotatable bonds is 5. The molecule has 0 saturated carbocycles. The van der Waals surface area contributed by atoms with Crippen LogP contribution in [0.25, 0.3) is 10.9 Å². The van der Waals surface area contributed by atoms with Crippen LogP contribution in [0.2, 0.25) is 0 Å². The van der Waals surface area contributed by atoms with Crippen LogP contribution in [0, 0.1) is 6.92 Å². The molecule has 0 bridgehead atoms. The summed E-state index contributed by atoms with van der Waals surface area (Å²) in [7, 11) is 0. The number of fused-ring (bicyclic) bond motifs is 1. The van der Waals surface area contributed by atoms with Crippen LogP contribution in [-0.2, 0) is 9.53 Å². The number of carbonyl (C=O) groups is 1. The Hall–Kier alpha value is -1.63. The number of amides is 1. The Morgan fingerprint density at radius 3 is 2.85 bits per heavy atom. The van der Waals surface area contributed by atoms with E-state index in [1.54, 1.807) is 11.8 Å². The van der Waals surface area contributed by atoms with Gasteiger partial charge in [-0.15, -0.1) is 0 Å². The van der Waals surface area contributed by atoms with Gasteiger partial charge in [0.25, 0.3) is 0 Å². The van der Waals surface area contributed by atoms with Gasteiger partial charge in [0, 0.05) is 44.7 Å². The van der Waals surface area contributed by atoms with Gasteiger partial charge in [-0.3, -0.25) is 9.69 Å². The topological polar surface area (TPSA) is 45.7 Å².